The minimum Gasteiger partial charge on any atom is -0.343 e. The Balaban J connectivity index is 2.22. The van der Waals surface area contributed by atoms with Crippen LogP contribution in [0.4, 0.5) is 0 Å². The molecule has 0 aliphatic carbocycles. The van der Waals surface area contributed by atoms with Gasteiger partial charge in [0.15, 0.2) is 0 Å². The molecule has 1 fully saturated rings. The number of nitrogens with zero attached hydrogens (tertiary/aromatic N) is 1. The van der Waals surface area contributed by atoms with Crippen LogP contribution in [0.3, 0.4) is 0 Å². The summed E-state index contributed by atoms with van der Waals surface area (Å²) in [5.41, 5.74) is 5.44. The van der Waals surface area contributed by atoms with Gasteiger partial charge in [-0.2, -0.15) is 0 Å². The lowest BCUT2D eigenvalue weighted by Crippen LogP contribution is -2.31. The third-order valence-electron chi connectivity index (χ3n) is 3.87. The average Bonchev–Trinajstić information content (AvgIpc) is 2.59. The van der Waals surface area contributed by atoms with Crippen molar-refractivity contribution in [1.29, 1.82) is 0 Å². The second-order valence-corrected chi connectivity index (χ2v) is 5.19. The maximum absolute atomic E-state index is 12.0. The van der Waals surface area contributed by atoms with Gasteiger partial charge in [-0.1, -0.05) is 19.8 Å². The molecule has 0 spiro atoms. The second kappa shape index (κ2) is 8.51. The molecular weight excluding hydrogens is 212 g/mol. The summed E-state index contributed by atoms with van der Waals surface area (Å²) in [6.07, 6.45) is 8.81. The van der Waals surface area contributed by atoms with Crippen LogP contribution in [0.1, 0.15) is 58.3 Å². The van der Waals surface area contributed by atoms with Crippen molar-refractivity contribution in [1.82, 2.24) is 4.90 Å². The summed E-state index contributed by atoms with van der Waals surface area (Å²) in [6, 6.07) is 0. The first-order valence-electron chi connectivity index (χ1n) is 7.25. The van der Waals surface area contributed by atoms with E-state index in [0.29, 0.717) is 5.91 Å². The van der Waals surface area contributed by atoms with Crippen molar-refractivity contribution >= 4 is 5.91 Å². The highest BCUT2D eigenvalue weighted by Crippen LogP contribution is 2.20. The molecule has 1 aliphatic heterocycles. The number of carbonyl (C=O) groups excluding carboxylic acids is 1. The normalized spacial score (nSPS) is 21.3. The topological polar surface area (TPSA) is 46.3 Å². The van der Waals surface area contributed by atoms with Gasteiger partial charge in [-0.3, -0.25) is 4.79 Å². The van der Waals surface area contributed by atoms with Gasteiger partial charge < -0.3 is 10.6 Å². The Morgan fingerprint density at radius 3 is 2.76 bits per heavy atom. The van der Waals surface area contributed by atoms with Gasteiger partial charge in [0.05, 0.1) is 0 Å². The van der Waals surface area contributed by atoms with Crippen LogP contribution < -0.4 is 5.73 Å². The number of hydrogen-bond donors (Lipinski definition) is 1. The average molecular weight is 240 g/mol. The highest BCUT2D eigenvalue weighted by atomic mass is 16.2. The van der Waals surface area contributed by atoms with Crippen LogP contribution >= 0.6 is 0 Å². The van der Waals surface area contributed by atoms with Crippen molar-refractivity contribution in [2.45, 2.75) is 58.3 Å². The molecule has 1 saturated heterocycles. The van der Waals surface area contributed by atoms with E-state index in [2.05, 4.69) is 11.8 Å². The first-order valence-corrected chi connectivity index (χ1v) is 7.25. The standard InChI is InChI=1S/C14H28N2O/c1-2-13-7-6-11-16(12-9-13)14(17)8-4-3-5-10-15/h13H,2-12,15H2,1H3. The van der Waals surface area contributed by atoms with Gasteiger partial charge in [0.1, 0.15) is 0 Å². The molecule has 17 heavy (non-hydrogen) atoms. The van der Waals surface area contributed by atoms with Crippen molar-refractivity contribution in [3.05, 3.63) is 0 Å². The van der Waals surface area contributed by atoms with E-state index in [1.165, 1.54) is 25.7 Å². The van der Waals surface area contributed by atoms with E-state index >= 15 is 0 Å². The Morgan fingerprint density at radius 2 is 2.06 bits per heavy atom. The van der Waals surface area contributed by atoms with E-state index in [4.69, 9.17) is 5.73 Å². The van der Waals surface area contributed by atoms with Crippen molar-refractivity contribution in [2.75, 3.05) is 19.6 Å². The van der Waals surface area contributed by atoms with Crippen LogP contribution in [0.5, 0.6) is 0 Å². The lowest BCUT2D eigenvalue weighted by molar-refractivity contribution is -0.131. The fourth-order valence-electron chi connectivity index (χ4n) is 2.58. The Hall–Kier alpha value is -0.570. The Labute approximate surface area is 106 Å². The van der Waals surface area contributed by atoms with Gasteiger partial charge in [-0.05, 0) is 44.6 Å². The molecule has 0 bridgehead atoms. The van der Waals surface area contributed by atoms with E-state index in [1.807, 2.05) is 0 Å². The van der Waals surface area contributed by atoms with E-state index in [-0.39, 0.29) is 0 Å². The van der Waals surface area contributed by atoms with Crippen molar-refractivity contribution in [3.8, 4) is 0 Å². The summed E-state index contributed by atoms with van der Waals surface area (Å²) >= 11 is 0. The Morgan fingerprint density at radius 1 is 1.24 bits per heavy atom. The van der Waals surface area contributed by atoms with Crippen LogP contribution in [0.25, 0.3) is 0 Å². The first kappa shape index (κ1) is 14.5. The molecule has 1 unspecified atom stereocenters. The monoisotopic (exact) mass is 240 g/mol. The molecule has 1 amide bonds. The molecule has 2 N–H and O–H groups in total. The minimum absolute atomic E-state index is 0.360. The van der Waals surface area contributed by atoms with Crippen LogP contribution in [-0.2, 0) is 4.79 Å². The predicted molar refractivity (Wildman–Crippen MR) is 71.7 cm³/mol. The highest BCUT2D eigenvalue weighted by molar-refractivity contribution is 5.76. The lowest BCUT2D eigenvalue weighted by Gasteiger charge is -2.20. The molecular formula is C14H28N2O. The van der Waals surface area contributed by atoms with Gasteiger partial charge in [-0.15, -0.1) is 0 Å². The molecule has 3 nitrogen and oxygen atoms in total. The number of rotatable bonds is 6. The summed E-state index contributed by atoms with van der Waals surface area (Å²) in [5, 5.41) is 0. The SMILES string of the molecule is CCC1CCCN(C(=O)CCCCCN)CC1. The summed E-state index contributed by atoms with van der Waals surface area (Å²) in [4.78, 5) is 14.1. The zero-order chi connectivity index (χ0) is 12.5. The van der Waals surface area contributed by atoms with Crippen molar-refractivity contribution in [2.24, 2.45) is 11.7 Å². The van der Waals surface area contributed by atoms with E-state index < -0.39 is 0 Å². The van der Waals surface area contributed by atoms with Crippen molar-refractivity contribution < 1.29 is 4.79 Å². The van der Waals surface area contributed by atoms with E-state index in [9.17, 15) is 4.79 Å². The summed E-state index contributed by atoms with van der Waals surface area (Å²) in [6.45, 7) is 4.96. The Kier molecular flexibility index (Phi) is 7.25. The van der Waals surface area contributed by atoms with Crippen LogP contribution in [0.2, 0.25) is 0 Å². The maximum Gasteiger partial charge on any atom is 0.222 e. The molecule has 0 radical (unpaired) electrons. The molecule has 0 saturated carbocycles. The van der Waals surface area contributed by atoms with Crippen LogP contribution in [0, 0.1) is 5.92 Å². The molecule has 0 aromatic carbocycles. The first-order chi connectivity index (χ1) is 8.27. The van der Waals surface area contributed by atoms with Crippen LogP contribution in [0.15, 0.2) is 0 Å². The molecule has 1 heterocycles. The van der Waals surface area contributed by atoms with Gasteiger partial charge in [-0.25, -0.2) is 0 Å². The second-order valence-electron chi connectivity index (χ2n) is 5.19. The largest absolute Gasteiger partial charge is 0.343 e. The molecule has 0 aromatic rings. The van der Waals surface area contributed by atoms with Gasteiger partial charge in [0, 0.05) is 19.5 Å². The minimum atomic E-state index is 0.360. The number of hydrogen-bond acceptors (Lipinski definition) is 2. The fraction of sp³-hybridized carbons (Fsp3) is 0.929. The van der Waals surface area contributed by atoms with Crippen molar-refractivity contribution in [3.63, 3.8) is 0 Å². The summed E-state index contributed by atoms with van der Waals surface area (Å²) in [7, 11) is 0. The zero-order valence-electron chi connectivity index (χ0n) is 11.3. The number of nitrogens with two attached hydrogens (primary N) is 1. The summed E-state index contributed by atoms with van der Waals surface area (Å²) < 4.78 is 0. The zero-order valence-corrected chi connectivity index (χ0v) is 11.3. The van der Waals surface area contributed by atoms with Gasteiger partial charge in [0.2, 0.25) is 5.91 Å². The van der Waals surface area contributed by atoms with E-state index in [0.717, 1.165) is 51.2 Å². The third kappa shape index (κ3) is 5.53. The molecule has 1 atom stereocenters. The number of carbonyl (C=O) groups is 1. The molecule has 3 heteroatoms. The molecule has 1 rings (SSSR count). The molecule has 100 valence electrons. The quantitative estimate of drug-likeness (QED) is 0.725. The molecule has 0 aromatic heterocycles. The highest BCUT2D eigenvalue weighted by Gasteiger charge is 2.18. The van der Waals surface area contributed by atoms with E-state index in [1.54, 1.807) is 0 Å². The number of amides is 1. The predicted octanol–water partition coefficient (Wildman–Crippen LogP) is 2.54. The number of likely N-dealkylation sites (tertiary alicyclic amines) is 1. The van der Waals surface area contributed by atoms with Crippen LogP contribution in [-0.4, -0.2) is 30.4 Å². The number of unbranched alkanes of at least 4 members (excludes halogenated alkanes) is 2. The fourth-order valence-corrected chi connectivity index (χ4v) is 2.58. The molecule has 1 aliphatic rings. The Bertz CT molecular complexity index is 218. The van der Waals surface area contributed by atoms with Gasteiger partial charge in [0.25, 0.3) is 0 Å². The van der Waals surface area contributed by atoms with Gasteiger partial charge >= 0.3 is 0 Å². The smallest absolute Gasteiger partial charge is 0.222 e. The lowest BCUT2D eigenvalue weighted by atomic mass is 9.98. The third-order valence-corrected chi connectivity index (χ3v) is 3.87. The maximum atomic E-state index is 12.0. The summed E-state index contributed by atoms with van der Waals surface area (Å²) in [5.74, 6) is 1.20.